The molecule has 0 spiro atoms. The fourth-order valence-electron chi connectivity index (χ4n) is 1.90. The molecule has 1 aromatic carbocycles. The fraction of sp³-hybridized carbons (Fsp3) is 0.538. The predicted octanol–water partition coefficient (Wildman–Crippen LogP) is 2.68. The summed E-state index contributed by atoms with van der Waals surface area (Å²) in [6.07, 6.45) is 0.0266. The van der Waals surface area contributed by atoms with Gasteiger partial charge >= 0.3 is 0 Å². The van der Waals surface area contributed by atoms with Crippen molar-refractivity contribution in [2.75, 3.05) is 18.1 Å². The highest BCUT2D eigenvalue weighted by atomic mass is 35.5. The third-order valence-corrected chi connectivity index (χ3v) is 4.28. The number of hydrogen-bond donors (Lipinski definition) is 1. The van der Waals surface area contributed by atoms with Crippen molar-refractivity contribution in [1.82, 2.24) is 0 Å². The minimum Gasteiger partial charge on any atom is -0.390 e. The summed E-state index contributed by atoms with van der Waals surface area (Å²) in [4.78, 5) is 0. The van der Waals surface area contributed by atoms with Crippen LogP contribution >= 0.6 is 23.4 Å². The van der Waals surface area contributed by atoms with Crippen LogP contribution in [0.15, 0.2) is 18.2 Å². The van der Waals surface area contributed by atoms with E-state index >= 15 is 0 Å². The first-order valence-electron chi connectivity index (χ1n) is 5.79. The fourth-order valence-corrected chi connectivity index (χ4v) is 3.15. The first-order chi connectivity index (χ1) is 8.16. The van der Waals surface area contributed by atoms with Gasteiger partial charge in [-0.25, -0.2) is 0 Å². The Morgan fingerprint density at radius 1 is 1.59 bits per heavy atom. The quantitative estimate of drug-likeness (QED) is 0.917. The van der Waals surface area contributed by atoms with Crippen LogP contribution in [0.5, 0.6) is 0 Å². The molecule has 1 aromatic rings. The van der Waals surface area contributed by atoms with Crippen LogP contribution in [0.4, 0.5) is 0 Å². The van der Waals surface area contributed by atoms with E-state index in [0.717, 1.165) is 34.3 Å². The summed E-state index contributed by atoms with van der Waals surface area (Å²) in [5, 5.41) is 10.9. The second-order valence-electron chi connectivity index (χ2n) is 4.35. The van der Waals surface area contributed by atoms with Gasteiger partial charge in [-0.3, -0.25) is 0 Å². The van der Waals surface area contributed by atoms with Gasteiger partial charge in [0.05, 0.1) is 18.8 Å². The second-order valence-corrected chi connectivity index (χ2v) is 5.91. The molecule has 2 unspecified atom stereocenters. The van der Waals surface area contributed by atoms with Crippen LogP contribution in [0, 0.1) is 6.92 Å². The van der Waals surface area contributed by atoms with Crippen molar-refractivity contribution in [2.45, 2.75) is 25.6 Å². The van der Waals surface area contributed by atoms with Crippen LogP contribution in [0.25, 0.3) is 0 Å². The Morgan fingerprint density at radius 2 is 2.41 bits per heavy atom. The molecule has 1 N–H and O–H groups in total. The van der Waals surface area contributed by atoms with Crippen LogP contribution in [-0.2, 0) is 11.2 Å². The van der Waals surface area contributed by atoms with Crippen LogP contribution in [0.2, 0.25) is 5.02 Å². The molecule has 1 fully saturated rings. The van der Waals surface area contributed by atoms with Crippen LogP contribution in [0.1, 0.15) is 11.1 Å². The zero-order valence-electron chi connectivity index (χ0n) is 9.86. The Balaban J connectivity index is 1.99. The third-order valence-electron chi connectivity index (χ3n) is 2.91. The lowest BCUT2D eigenvalue weighted by molar-refractivity contribution is -0.0207. The van der Waals surface area contributed by atoms with E-state index < -0.39 is 6.10 Å². The van der Waals surface area contributed by atoms with E-state index in [2.05, 4.69) is 0 Å². The summed E-state index contributed by atoms with van der Waals surface area (Å²) in [7, 11) is 0. The zero-order chi connectivity index (χ0) is 12.3. The smallest absolute Gasteiger partial charge is 0.0927 e. The highest BCUT2D eigenvalue weighted by Crippen LogP contribution is 2.22. The highest BCUT2D eigenvalue weighted by Gasteiger charge is 2.23. The Morgan fingerprint density at radius 3 is 3.06 bits per heavy atom. The lowest BCUT2D eigenvalue weighted by Gasteiger charge is -2.27. The highest BCUT2D eigenvalue weighted by molar-refractivity contribution is 7.99. The first-order valence-corrected chi connectivity index (χ1v) is 7.32. The number of benzene rings is 1. The van der Waals surface area contributed by atoms with Gasteiger partial charge in [0.15, 0.2) is 0 Å². The van der Waals surface area contributed by atoms with Gasteiger partial charge in [-0.05, 0) is 24.1 Å². The maximum absolute atomic E-state index is 10.1. The number of aryl methyl sites for hydroxylation is 1. The van der Waals surface area contributed by atoms with E-state index in [1.165, 1.54) is 0 Å². The van der Waals surface area contributed by atoms with Crippen LogP contribution in [0.3, 0.4) is 0 Å². The standard InChI is InChI=1S/C13H17ClO2S/c1-9-2-3-10(11(14)6-9)7-12(15)13-8-17-5-4-16-13/h2-3,6,12-13,15H,4-5,7-8H2,1H3. The van der Waals surface area contributed by atoms with Crippen LogP contribution in [-0.4, -0.2) is 35.4 Å². The van der Waals surface area contributed by atoms with Crippen molar-refractivity contribution in [2.24, 2.45) is 0 Å². The van der Waals surface area contributed by atoms with Crippen molar-refractivity contribution in [1.29, 1.82) is 0 Å². The normalized spacial score (nSPS) is 22.4. The molecule has 2 atom stereocenters. The van der Waals surface area contributed by atoms with Gasteiger partial charge in [-0.2, -0.15) is 11.8 Å². The summed E-state index contributed by atoms with van der Waals surface area (Å²) in [5.41, 5.74) is 2.13. The lowest BCUT2D eigenvalue weighted by atomic mass is 10.0. The molecule has 0 amide bonds. The second kappa shape index (κ2) is 6.10. The zero-order valence-corrected chi connectivity index (χ0v) is 11.4. The number of rotatable bonds is 3. The maximum atomic E-state index is 10.1. The summed E-state index contributed by atoms with van der Waals surface area (Å²) in [6.45, 7) is 2.74. The molecule has 2 rings (SSSR count). The monoisotopic (exact) mass is 272 g/mol. The molecule has 0 radical (unpaired) electrons. The molecule has 1 saturated heterocycles. The Kier molecular flexibility index (Phi) is 4.74. The van der Waals surface area contributed by atoms with Crippen molar-refractivity contribution >= 4 is 23.4 Å². The van der Waals surface area contributed by atoms with Crippen molar-refractivity contribution in [3.63, 3.8) is 0 Å². The Labute approximate surface area is 111 Å². The topological polar surface area (TPSA) is 29.5 Å². The Hall–Kier alpha value is -0.220. The van der Waals surface area contributed by atoms with E-state index in [-0.39, 0.29) is 6.10 Å². The summed E-state index contributed by atoms with van der Waals surface area (Å²) < 4.78 is 5.56. The summed E-state index contributed by atoms with van der Waals surface area (Å²) >= 11 is 7.99. The number of aliphatic hydroxyl groups is 1. The van der Waals surface area contributed by atoms with E-state index in [9.17, 15) is 5.11 Å². The van der Waals surface area contributed by atoms with E-state index in [1.54, 1.807) is 0 Å². The molecule has 0 bridgehead atoms. The van der Waals surface area contributed by atoms with Gasteiger partial charge in [0, 0.05) is 22.9 Å². The molecule has 0 aromatic heterocycles. The van der Waals surface area contributed by atoms with E-state index in [0.29, 0.717) is 6.42 Å². The number of halogens is 1. The van der Waals surface area contributed by atoms with Crippen LogP contribution < -0.4 is 0 Å². The maximum Gasteiger partial charge on any atom is 0.0927 e. The number of aliphatic hydroxyl groups excluding tert-OH is 1. The van der Waals surface area contributed by atoms with Crippen molar-refractivity contribution in [3.8, 4) is 0 Å². The first kappa shape index (κ1) is 13.2. The van der Waals surface area contributed by atoms with Gasteiger partial charge < -0.3 is 9.84 Å². The number of hydrogen-bond acceptors (Lipinski definition) is 3. The number of ether oxygens (including phenoxy) is 1. The van der Waals surface area contributed by atoms with Gasteiger partial charge in [-0.15, -0.1) is 0 Å². The molecule has 2 nitrogen and oxygen atoms in total. The predicted molar refractivity (Wildman–Crippen MR) is 73.0 cm³/mol. The molecule has 4 heteroatoms. The van der Waals surface area contributed by atoms with Gasteiger partial charge in [0.1, 0.15) is 0 Å². The molecule has 17 heavy (non-hydrogen) atoms. The van der Waals surface area contributed by atoms with E-state index in [4.69, 9.17) is 16.3 Å². The molecule has 94 valence electrons. The largest absolute Gasteiger partial charge is 0.390 e. The summed E-state index contributed by atoms with van der Waals surface area (Å²) in [6, 6.07) is 5.93. The summed E-state index contributed by atoms with van der Waals surface area (Å²) in [5.74, 6) is 1.89. The lowest BCUT2D eigenvalue weighted by Crippen LogP contribution is -2.36. The third kappa shape index (κ3) is 3.62. The molecule has 0 saturated carbocycles. The van der Waals surface area contributed by atoms with Crippen molar-refractivity contribution < 1.29 is 9.84 Å². The molecule has 1 heterocycles. The van der Waals surface area contributed by atoms with E-state index in [1.807, 2.05) is 36.9 Å². The van der Waals surface area contributed by atoms with Gasteiger partial charge in [0.2, 0.25) is 0 Å². The number of thioether (sulfide) groups is 1. The van der Waals surface area contributed by atoms with Gasteiger partial charge in [0.25, 0.3) is 0 Å². The minimum absolute atomic E-state index is 0.0638. The molecule has 1 aliphatic heterocycles. The average Bonchev–Trinajstić information content (AvgIpc) is 2.34. The van der Waals surface area contributed by atoms with Crippen molar-refractivity contribution in [3.05, 3.63) is 34.3 Å². The molecular formula is C13H17ClO2S. The average molecular weight is 273 g/mol. The Bertz CT molecular complexity index is 378. The molecule has 0 aliphatic carbocycles. The minimum atomic E-state index is -0.469. The molecular weight excluding hydrogens is 256 g/mol. The van der Waals surface area contributed by atoms with Gasteiger partial charge in [-0.1, -0.05) is 23.7 Å². The molecule has 1 aliphatic rings. The SMILES string of the molecule is Cc1ccc(CC(O)C2CSCCO2)c(Cl)c1.